The number of para-hydroxylation sites is 2. The number of hydrogen-bond donors (Lipinski definition) is 1. The fraction of sp³-hybridized carbons (Fsp3) is 0.176. The minimum absolute atomic E-state index is 0.138. The van der Waals surface area contributed by atoms with Gasteiger partial charge in [0.1, 0.15) is 11.6 Å². The van der Waals surface area contributed by atoms with E-state index in [4.69, 9.17) is 5.73 Å². The molecule has 106 valence electrons. The Hall–Kier alpha value is -2.62. The van der Waals surface area contributed by atoms with Crippen LogP contribution < -0.4 is 5.73 Å². The van der Waals surface area contributed by atoms with E-state index in [1.807, 2.05) is 60.1 Å². The fourth-order valence-corrected chi connectivity index (χ4v) is 2.52. The summed E-state index contributed by atoms with van der Waals surface area (Å²) in [5.74, 6) is 0.934. The van der Waals surface area contributed by atoms with Gasteiger partial charge < -0.3 is 10.3 Å². The maximum absolute atomic E-state index is 12.2. The van der Waals surface area contributed by atoms with Crippen molar-refractivity contribution < 1.29 is 4.79 Å². The Morgan fingerprint density at radius 3 is 2.71 bits per heavy atom. The highest BCUT2D eigenvalue weighted by Crippen LogP contribution is 2.15. The van der Waals surface area contributed by atoms with Crippen molar-refractivity contribution in [1.82, 2.24) is 9.55 Å². The minimum atomic E-state index is 0.138. The third-order valence-electron chi connectivity index (χ3n) is 3.59. The molecular formula is C17H17N3O. The van der Waals surface area contributed by atoms with Gasteiger partial charge in [-0.3, -0.25) is 4.79 Å². The second-order valence-electron chi connectivity index (χ2n) is 5.21. The molecular weight excluding hydrogens is 262 g/mol. The number of imidazole rings is 1. The van der Waals surface area contributed by atoms with Crippen molar-refractivity contribution in [3.8, 4) is 0 Å². The average Bonchev–Trinajstić information content (AvgIpc) is 2.76. The van der Waals surface area contributed by atoms with Crippen molar-refractivity contribution in [3.05, 3.63) is 59.9 Å². The third-order valence-corrected chi connectivity index (χ3v) is 3.59. The maximum atomic E-state index is 12.2. The number of Topliss-reactive ketones (excluding diaryl/α,β-unsaturated/α-hetero) is 1. The number of nitrogens with zero attached hydrogens (tertiary/aromatic N) is 2. The van der Waals surface area contributed by atoms with Crippen LogP contribution in [0.25, 0.3) is 11.0 Å². The summed E-state index contributed by atoms with van der Waals surface area (Å²) >= 11 is 0. The Morgan fingerprint density at radius 2 is 1.95 bits per heavy atom. The molecule has 0 fully saturated rings. The van der Waals surface area contributed by atoms with Crippen LogP contribution in [0.5, 0.6) is 0 Å². The standard InChI is InChI=1S/C17H17N3O/c1-20-16-8-3-2-7-15(16)19-17(20)11-14(21)10-12-5-4-6-13(18)9-12/h2-9H,10-11,18H2,1H3. The normalized spacial score (nSPS) is 10.9. The van der Waals surface area contributed by atoms with Crippen LogP contribution in [0.15, 0.2) is 48.5 Å². The molecule has 0 radical (unpaired) electrons. The summed E-state index contributed by atoms with van der Waals surface area (Å²) in [5, 5.41) is 0. The molecule has 0 unspecified atom stereocenters. The van der Waals surface area contributed by atoms with Crippen molar-refractivity contribution in [3.63, 3.8) is 0 Å². The van der Waals surface area contributed by atoms with E-state index in [1.54, 1.807) is 0 Å². The van der Waals surface area contributed by atoms with Gasteiger partial charge in [0, 0.05) is 19.2 Å². The lowest BCUT2D eigenvalue weighted by atomic mass is 10.1. The molecule has 2 N–H and O–H groups in total. The maximum Gasteiger partial charge on any atom is 0.144 e. The number of aryl methyl sites for hydroxylation is 1. The summed E-state index contributed by atoms with van der Waals surface area (Å²) in [4.78, 5) is 16.8. The number of nitrogen functional groups attached to an aromatic ring is 1. The van der Waals surface area contributed by atoms with Crippen LogP contribution in [0.1, 0.15) is 11.4 Å². The summed E-state index contributed by atoms with van der Waals surface area (Å²) in [6, 6.07) is 15.3. The molecule has 4 nitrogen and oxygen atoms in total. The molecule has 1 heterocycles. The highest BCUT2D eigenvalue weighted by atomic mass is 16.1. The Balaban J connectivity index is 1.79. The minimum Gasteiger partial charge on any atom is -0.399 e. The quantitative estimate of drug-likeness (QED) is 0.746. The first-order valence-electron chi connectivity index (χ1n) is 6.90. The highest BCUT2D eigenvalue weighted by molar-refractivity contribution is 5.84. The summed E-state index contributed by atoms with van der Waals surface area (Å²) in [6.45, 7) is 0. The van der Waals surface area contributed by atoms with Gasteiger partial charge in [0.2, 0.25) is 0 Å². The van der Waals surface area contributed by atoms with Gasteiger partial charge in [-0.05, 0) is 29.8 Å². The van der Waals surface area contributed by atoms with Gasteiger partial charge in [-0.15, -0.1) is 0 Å². The second kappa shape index (κ2) is 5.40. The third kappa shape index (κ3) is 2.79. The molecule has 0 atom stereocenters. The Kier molecular flexibility index (Phi) is 3.44. The monoisotopic (exact) mass is 279 g/mol. The molecule has 3 rings (SSSR count). The number of carbonyl (C=O) groups excluding carboxylic acids is 1. The van der Waals surface area contributed by atoms with Crippen LogP contribution in [0.3, 0.4) is 0 Å². The summed E-state index contributed by atoms with van der Waals surface area (Å²) in [5.41, 5.74) is 9.33. The molecule has 0 aliphatic carbocycles. The van der Waals surface area contributed by atoms with Crippen LogP contribution in [-0.4, -0.2) is 15.3 Å². The lowest BCUT2D eigenvalue weighted by Crippen LogP contribution is -2.10. The first-order chi connectivity index (χ1) is 10.1. The van der Waals surface area contributed by atoms with Crippen LogP contribution in [-0.2, 0) is 24.7 Å². The smallest absolute Gasteiger partial charge is 0.144 e. The van der Waals surface area contributed by atoms with Crippen molar-refractivity contribution in [2.24, 2.45) is 7.05 Å². The zero-order valence-corrected chi connectivity index (χ0v) is 11.9. The predicted molar refractivity (Wildman–Crippen MR) is 84.0 cm³/mol. The Morgan fingerprint density at radius 1 is 1.14 bits per heavy atom. The molecule has 1 aromatic heterocycles. The van der Waals surface area contributed by atoms with Gasteiger partial charge in [-0.1, -0.05) is 24.3 Å². The van der Waals surface area contributed by atoms with Gasteiger partial charge >= 0.3 is 0 Å². The number of rotatable bonds is 4. The molecule has 0 amide bonds. The molecule has 0 aliphatic heterocycles. The molecule has 0 saturated heterocycles. The van der Waals surface area contributed by atoms with E-state index in [0.717, 1.165) is 22.4 Å². The molecule has 0 bridgehead atoms. The van der Waals surface area contributed by atoms with Crippen molar-refractivity contribution in [1.29, 1.82) is 0 Å². The van der Waals surface area contributed by atoms with E-state index in [1.165, 1.54) is 0 Å². The number of benzene rings is 2. The van der Waals surface area contributed by atoms with E-state index in [0.29, 0.717) is 18.5 Å². The molecule has 4 heteroatoms. The molecule has 0 saturated carbocycles. The van der Waals surface area contributed by atoms with Gasteiger partial charge in [0.05, 0.1) is 17.5 Å². The van der Waals surface area contributed by atoms with Crippen LogP contribution in [0.4, 0.5) is 5.69 Å². The fourth-order valence-electron chi connectivity index (χ4n) is 2.52. The van der Waals surface area contributed by atoms with E-state index in [2.05, 4.69) is 4.98 Å². The van der Waals surface area contributed by atoms with Crippen LogP contribution in [0, 0.1) is 0 Å². The lowest BCUT2D eigenvalue weighted by molar-refractivity contribution is -0.117. The second-order valence-corrected chi connectivity index (χ2v) is 5.21. The van der Waals surface area contributed by atoms with E-state index in [-0.39, 0.29) is 5.78 Å². The Bertz CT molecular complexity index is 805. The molecule has 3 aromatic rings. The van der Waals surface area contributed by atoms with Gasteiger partial charge in [-0.25, -0.2) is 4.98 Å². The number of aromatic nitrogens is 2. The topological polar surface area (TPSA) is 60.9 Å². The van der Waals surface area contributed by atoms with Gasteiger partial charge in [0.15, 0.2) is 0 Å². The first kappa shape index (κ1) is 13.4. The summed E-state index contributed by atoms with van der Waals surface area (Å²) < 4.78 is 1.98. The van der Waals surface area contributed by atoms with Crippen LogP contribution in [0.2, 0.25) is 0 Å². The van der Waals surface area contributed by atoms with E-state index in [9.17, 15) is 4.79 Å². The molecule has 0 spiro atoms. The molecule has 2 aromatic carbocycles. The SMILES string of the molecule is Cn1c(CC(=O)Cc2cccc(N)c2)nc2ccccc21. The average molecular weight is 279 g/mol. The number of fused-ring (bicyclic) bond motifs is 1. The van der Waals surface area contributed by atoms with E-state index < -0.39 is 0 Å². The van der Waals surface area contributed by atoms with Gasteiger partial charge in [0.25, 0.3) is 0 Å². The molecule has 0 aliphatic rings. The van der Waals surface area contributed by atoms with Gasteiger partial charge in [-0.2, -0.15) is 0 Å². The van der Waals surface area contributed by atoms with Crippen molar-refractivity contribution in [2.75, 3.05) is 5.73 Å². The number of carbonyl (C=O) groups is 1. The number of ketones is 1. The number of nitrogens with two attached hydrogens (primary N) is 1. The zero-order valence-electron chi connectivity index (χ0n) is 11.9. The van der Waals surface area contributed by atoms with E-state index >= 15 is 0 Å². The predicted octanol–water partition coefficient (Wildman–Crippen LogP) is 2.51. The first-order valence-corrected chi connectivity index (χ1v) is 6.90. The number of anilines is 1. The van der Waals surface area contributed by atoms with Crippen molar-refractivity contribution >= 4 is 22.5 Å². The van der Waals surface area contributed by atoms with Crippen LogP contribution >= 0.6 is 0 Å². The largest absolute Gasteiger partial charge is 0.399 e. The Labute approximate surface area is 123 Å². The summed E-state index contributed by atoms with van der Waals surface area (Å²) in [7, 11) is 1.94. The number of hydrogen-bond acceptors (Lipinski definition) is 3. The lowest BCUT2D eigenvalue weighted by Gasteiger charge is -2.03. The summed E-state index contributed by atoms with van der Waals surface area (Å²) in [6.07, 6.45) is 0.716. The zero-order chi connectivity index (χ0) is 14.8. The molecule has 21 heavy (non-hydrogen) atoms. The highest BCUT2D eigenvalue weighted by Gasteiger charge is 2.12. The van der Waals surface area contributed by atoms with Crippen molar-refractivity contribution in [2.45, 2.75) is 12.8 Å².